The number of hydrogen-bond acceptors (Lipinski definition) is 6. The first-order valence-electron chi connectivity index (χ1n) is 5.85. The van der Waals surface area contributed by atoms with Crippen molar-refractivity contribution in [3.63, 3.8) is 0 Å². The van der Waals surface area contributed by atoms with Gasteiger partial charge in [-0.3, -0.25) is 0 Å². The van der Waals surface area contributed by atoms with E-state index < -0.39 is 5.97 Å². The number of carboxylic acids is 1. The number of hydrogen-bond donors (Lipinski definition) is 1. The van der Waals surface area contributed by atoms with Crippen molar-refractivity contribution in [1.29, 1.82) is 0 Å². The maximum absolute atomic E-state index is 10.8. The lowest BCUT2D eigenvalue weighted by molar-refractivity contribution is -0.312. The number of imidazole rings is 1. The zero-order valence-corrected chi connectivity index (χ0v) is 9.67. The lowest BCUT2D eigenvalue weighted by atomic mass is 9.97. The molecule has 0 aromatic carbocycles. The first kappa shape index (κ1) is 10.9. The van der Waals surface area contributed by atoms with Crippen molar-refractivity contribution in [2.75, 3.05) is 18.0 Å². The Bertz CT molecular complexity index is 574. The summed E-state index contributed by atoms with van der Waals surface area (Å²) >= 11 is 0. The zero-order valence-electron chi connectivity index (χ0n) is 9.67. The Labute approximate surface area is 103 Å². The number of piperidine rings is 1. The van der Waals surface area contributed by atoms with Crippen LogP contribution in [0.2, 0.25) is 0 Å². The van der Waals surface area contributed by atoms with Crippen molar-refractivity contribution < 1.29 is 9.90 Å². The first-order chi connectivity index (χ1) is 8.75. The molecule has 0 amide bonds. The second kappa shape index (κ2) is 4.25. The van der Waals surface area contributed by atoms with Gasteiger partial charge in [-0.2, -0.15) is 0 Å². The van der Waals surface area contributed by atoms with Gasteiger partial charge in [-0.25, -0.2) is 15.0 Å². The van der Waals surface area contributed by atoms with Gasteiger partial charge in [-0.1, -0.05) is 0 Å². The summed E-state index contributed by atoms with van der Waals surface area (Å²) < 4.78 is 0. The molecule has 1 aliphatic heterocycles. The minimum absolute atomic E-state index is 0.347. The van der Waals surface area contributed by atoms with Gasteiger partial charge in [0.1, 0.15) is 11.8 Å². The molecule has 2 aromatic rings. The molecule has 7 nitrogen and oxygen atoms in total. The lowest BCUT2D eigenvalue weighted by Gasteiger charge is -2.33. The molecule has 1 fully saturated rings. The molecular weight excluding hydrogens is 234 g/mol. The molecule has 94 valence electrons. The second-order valence-electron chi connectivity index (χ2n) is 4.38. The highest BCUT2D eigenvalue weighted by Crippen LogP contribution is 2.25. The summed E-state index contributed by atoms with van der Waals surface area (Å²) in [4.78, 5) is 28.3. The molecule has 3 rings (SSSR count). The lowest BCUT2D eigenvalue weighted by Crippen LogP contribution is -2.41. The van der Waals surface area contributed by atoms with Crippen molar-refractivity contribution in [3.8, 4) is 0 Å². The van der Waals surface area contributed by atoms with Crippen molar-refractivity contribution >= 4 is 23.0 Å². The summed E-state index contributed by atoms with van der Waals surface area (Å²) in [5.74, 6) is -0.515. The number of carbonyl (C=O) groups is 1. The number of nitrogens with zero attached hydrogens (tertiary/aromatic N) is 4. The summed E-state index contributed by atoms with van der Waals surface area (Å²) in [6, 6.07) is 0. The molecule has 0 radical (unpaired) electrons. The highest BCUT2D eigenvalue weighted by Gasteiger charge is 2.22. The normalized spacial score (nSPS) is 17.2. The minimum atomic E-state index is -0.955. The molecule has 1 saturated heterocycles. The Kier molecular flexibility index (Phi) is 2.58. The molecule has 0 saturated carbocycles. The van der Waals surface area contributed by atoms with E-state index in [0.29, 0.717) is 31.6 Å². The molecule has 0 aliphatic carbocycles. The standard InChI is InChI=1S/C11H13N5O2/c17-11(18)7-1-3-16(4-2-7)10-8-9(13-5-12-8)14-6-15-10/h5-7H,1-4H2,(H,17,18)(H,12,13,14,15)/p-1. The van der Waals surface area contributed by atoms with Gasteiger partial charge in [0, 0.05) is 25.0 Å². The van der Waals surface area contributed by atoms with Gasteiger partial charge in [-0.05, 0) is 12.8 Å². The fourth-order valence-corrected chi connectivity index (χ4v) is 2.32. The smallest absolute Gasteiger partial charge is 0.182 e. The van der Waals surface area contributed by atoms with Crippen LogP contribution < -0.4 is 10.0 Å². The number of fused-ring (bicyclic) bond motifs is 1. The second-order valence-corrected chi connectivity index (χ2v) is 4.38. The molecule has 18 heavy (non-hydrogen) atoms. The Hall–Kier alpha value is -2.18. The minimum Gasteiger partial charge on any atom is -0.550 e. The van der Waals surface area contributed by atoms with E-state index in [0.717, 1.165) is 11.3 Å². The van der Waals surface area contributed by atoms with E-state index in [9.17, 15) is 9.90 Å². The van der Waals surface area contributed by atoms with E-state index in [2.05, 4.69) is 24.8 Å². The van der Waals surface area contributed by atoms with Crippen LogP contribution in [0.3, 0.4) is 0 Å². The van der Waals surface area contributed by atoms with Gasteiger partial charge >= 0.3 is 0 Å². The van der Waals surface area contributed by atoms with E-state index in [1.807, 2.05) is 0 Å². The highest BCUT2D eigenvalue weighted by molar-refractivity contribution is 5.82. The predicted molar refractivity (Wildman–Crippen MR) is 61.6 cm³/mol. The van der Waals surface area contributed by atoms with Crippen molar-refractivity contribution in [2.24, 2.45) is 5.92 Å². The number of H-pyrrole nitrogens is 1. The third-order valence-electron chi connectivity index (χ3n) is 3.33. The van der Waals surface area contributed by atoms with Gasteiger partial charge in [0.25, 0.3) is 0 Å². The topological polar surface area (TPSA) is 97.8 Å². The Morgan fingerprint density at radius 3 is 2.83 bits per heavy atom. The molecule has 0 spiro atoms. The monoisotopic (exact) mass is 246 g/mol. The number of anilines is 1. The number of carboxylic acid groups (broad SMARTS) is 1. The molecule has 1 aliphatic rings. The third-order valence-corrected chi connectivity index (χ3v) is 3.33. The van der Waals surface area contributed by atoms with E-state index >= 15 is 0 Å². The fourth-order valence-electron chi connectivity index (χ4n) is 2.32. The number of rotatable bonds is 2. The molecule has 0 bridgehead atoms. The van der Waals surface area contributed by atoms with E-state index in [-0.39, 0.29) is 5.92 Å². The maximum Gasteiger partial charge on any atom is 0.182 e. The van der Waals surface area contributed by atoms with E-state index in [1.54, 1.807) is 6.33 Å². The number of aromatic amines is 1. The van der Waals surface area contributed by atoms with Gasteiger partial charge in [0.05, 0.1) is 6.33 Å². The Balaban J connectivity index is 1.84. The summed E-state index contributed by atoms with van der Waals surface area (Å²) in [5.41, 5.74) is 1.42. The SMILES string of the molecule is O=C([O-])C1CCN(c2ncnc3nc[nH]c23)CC1. The van der Waals surface area contributed by atoms with Crippen LogP contribution in [0.1, 0.15) is 12.8 Å². The number of aliphatic carboxylic acids is 1. The molecule has 0 unspecified atom stereocenters. The summed E-state index contributed by atoms with van der Waals surface area (Å²) in [6.45, 7) is 1.31. The van der Waals surface area contributed by atoms with Gasteiger partial charge < -0.3 is 19.8 Å². The summed E-state index contributed by atoms with van der Waals surface area (Å²) in [7, 11) is 0. The highest BCUT2D eigenvalue weighted by atomic mass is 16.4. The third kappa shape index (κ3) is 1.77. The molecule has 0 atom stereocenters. The van der Waals surface area contributed by atoms with Crippen LogP contribution in [-0.4, -0.2) is 39.0 Å². The van der Waals surface area contributed by atoms with E-state index in [1.165, 1.54) is 6.33 Å². The van der Waals surface area contributed by atoms with Crippen LogP contribution in [0.25, 0.3) is 11.2 Å². The van der Waals surface area contributed by atoms with Crippen LogP contribution >= 0.6 is 0 Å². The van der Waals surface area contributed by atoms with Crippen molar-refractivity contribution in [2.45, 2.75) is 12.8 Å². The van der Waals surface area contributed by atoms with Crippen LogP contribution in [0, 0.1) is 5.92 Å². The van der Waals surface area contributed by atoms with E-state index in [4.69, 9.17) is 0 Å². The van der Waals surface area contributed by atoms with Crippen LogP contribution in [0.4, 0.5) is 5.82 Å². The number of carbonyl (C=O) groups excluding carboxylic acids is 1. The maximum atomic E-state index is 10.8. The van der Waals surface area contributed by atoms with Crippen molar-refractivity contribution in [3.05, 3.63) is 12.7 Å². The van der Waals surface area contributed by atoms with Crippen LogP contribution in [0.5, 0.6) is 0 Å². The van der Waals surface area contributed by atoms with Gasteiger partial charge in [0.15, 0.2) is 11.5 Å². The van der Waals surface area contributed by atoms with Gasteiger partial charge in [0.2, 0.25) is 0 Å². The Morgan fingerprint density at radius 2 is 2.11 bits per heavy atom. The largest absolute Gasteiger partial charge is 0.550 e. The molecule has 1 N–H and O–H groups in total. The average molecular weight is 246 g/mol. The van der Waals surface area contributed by atoms with Crippen LogP contribution in [-0.2, 0) is 4.79 Å². The number of nitrogens with one attached hydrogen (secondary N) is 1. The molecule has 7 heteroatoms. The average Bonchev–Trinajstić information content (AvgIpc) is 2.87. The van der Waals surface area contributed by atoms with Gasteiger partial charge in [-0.15, -0.1) is 0 Å². The predicted octanol–water partition coefficient (Wildman–Crippen LogP) is -0.681. The summed E-state index contributed by atoms with van der Waals surface area (Å²) in [6.07, 6.45) is 4.23. The molecule has 2 aromatic heterocycles. The molecular formula is C11H12N5O2-. The summed E-state index contributed by atoms with van der Waals surface area (Å²) in [5, 5.41) is 10.8. The zero-order chi connectivity index (χ0) is 12.5. The fraction of sp³-hybridized carbons (Fsp3) is 0.455. The van der Waals surface area contributed by atoms with Crippen LogP contribution in [0.15, 0.2) is 12.7 Å². The Morgan fingerprint density at radius 1 is 1.33 bits per heavy atom. The molecule has 3 heterocycles. The number of aromatic nitrogens is 4. The van der Waals surface area contributed by atoms with Crippen molar-refractivity contribution in [1.82, 2.24) is 19.9 Å². The first-order valence-corrected chi connectivity index (χ1v) is 5.85. The quantitative estimate of drug-likeness (QED) is 0.753.